The zero-order valence-corrected chi connectivity index (χ0v) is 11.9. The van der Waals surface area contributed by atoms with E-state index in [0.717, 1.165) is 23.1 Å². The molecule has 1 aliphatic rings. The quantitative estimate of drug-likeness (QED) is 0.897. The third-order valence-electron chi connectivity index (χ3n) is 3.71. The Morgan fingerprint density at radius 2 is 2.20 bits per heavy atom. The highest BCUT2D eigenvalue weighted by Gasteiger charge is 2.36. The van der Waals surface area contributed by atoms with Gasteiger partial charge in [0.2, 0.25) is 0 Å². The number of halogens is 1. The Hall–Kier alpha value is -1.92. The molecule has 1 heterocycles. The lowest BCUT2D eigenvalue weighted by Crippen LogP contribution is -1.98. The van der Waals surface area contributed by atoms with Gasteiger partial charge in [-0.2, -0.15) is 5.26 Å². The maximum Gasteiger partial charge on any atom is 0.123 e. The number of anilines is 1. The Bertz CT molecular complexity index is 671. The highest BCUT2D eigenvalue weighted by molar-refractivity contribution is 6.32. The van der Waals surface area contributed by atoms with Gasteiger partial charge in [-0.3, -0.25) is 0 Å². The fourth-order valence-electron chi connectivity index (χ4n) is 2.31. The molecular weight excluding hydrogens is 272 g/mol. The molecule has 0 spiro atoms. The van der Waals surface area contributed by atoms with Gasteiger partial charge in [-0.1, -0.05) is 18.5 Å². The van der Waals surface area contributed by atoms with Gasteiger partial charge in [-0.15, -0.1) is 0 Å². The number of rotatable bonds is 4. The van der Waals surface area contributed by atoms with Gasteiger partial charge in [-0.05, 0) is 42.7 Å². The molecule has 3 rings (SSSR count). The van der Waals surface area contributed by atoms with Crippen molar-refractivity contribution in [2.45, 2.75) is 25.8 Å². The smallest absolute Gasteiger partial charge is 0.123 e. The van der Waals surface area contributed by atoms with E-state index in [9.17, 15) is 0 Å². The molecule has 3 nitrogen and oxygen atoms in total. The van der Waals surface area contributed by atoms with E-state index in [0.29, 0.717) is 23.0 Å². The summed E-state index contributed by atoms with van der Waals surface area (Å²) in [7, 11) is 0. The van der Waals surface area contributed by atoms with Crippen LogP contribution in [0.5, 0.6) is 0 Å². The molecule has 2 unspecified atom stereocenters. The summed E-state index contributed by atoms with van der Waals surface area (Å²) in [6.45, 7) is 2.85. The molecule has 1 aromatic carbocycles. The average molecular weight is 287 g/mol. The normalized spacial score (nSPS) is 20.4. The van der Waals surface area contributed by atoms with Crippen molar-refractivity contribution < 1.29 is 4.42 Å². The van der Waals surface area contributed by atoms with Gasteiger partial charge in [0.1, 0.15) is 17.6 Å². The maximum atomic E-state index is 8.83. The van der Waals surface area contributed by atoms with Crippen molar-refractivity contribution in [3.8, 4) is 6.07 Å². The Kier molecular flexibility index (Phi) is 3.42. The summed E-state index contributed by atoms with van der Waals surface area (Å²) >= 11 is 6.00. The van der Waals surface area contributed by atoms with E-state index in [4.69, 9.17) is 21.3 Å². The first kappa shape index (κ1) is 13.1. The SMILES string of the molecule is CC1CC1c1ccc(CNc2ccc(C#N)c(Cl)c2)o1. The summed E-state index contributed by atoms with van der Waals surface area (Å²) in [4.78, 5) is 0. The number of benzene rings is 1. The second-order valence-corrected chi connectivity index (χ2v) is 5.69. The number of nitrogens with zero attached hydrogens (tertiary/aromatic N) is 1. The molecule has 0 radical (unpaired) electrons. The predicted molar refractivity (Wildman–Crippen MR) is 78.7 cm³/mol. The second kappa shape index (κ2) is 5.22. The van der Waals surface area contributed by atoms with Gasteiger partial charge in [0, 0.05) is 11.6 Å². The van der Waals surface area contributed by atoms with Crippen molar-refractivity contribution in [2.24, 2.45) is 5.92 Å². The van der Waals surface area contributed by atoms with E-state index >= 15 is 0 Å². The highest BCUT2D eigenvalue weighted by Crippen LogP contribution is 2.47. The molecule has 20 heavy (non-hydrogen) atoms. The van der Waals surface area contributed by atoms with E-state index in [1.165, 1.54) is 6.42 Å². The number of nitrogens with one attached hydrogen (secondary N) is 1. The van der Waals surface area contributed by atoms with Crippen molar-refractivity contribution in [1.82, 2.24) is 0 Å². The Labute approximate surface area is 123 Å². The summed E-state index contributed by atoms with van der Waals surface area (Å²) in [5, 5.41) is 12.5. The molecule has 2 atom stereocenters. The zero-order chi connectivity index (χ0) is 14.1. The number of furan rings is 1. The first-order valence-electron chi connectivity index (χ1n) is 6.69. The van der Waals surface area contributed by atoms with Crippen molar-refractivity contribution in [3.63, 3.8) is 0 Å². The average Bonchev–Trinajstić information content (AvgIpc) is 3.00. The minimum Gasteiger partial charge on any atom is -0.464 e. The summed E-state index contributed by atoms with van der Waals surface area (Å²) in [6, 6.07) is 11.4. The van der Waals surface area contributed by atoms with Crippen LogP contribution in [0.3, 0.4) is 0 Å². The Morgan fingerprint density at radius 3 is 2.85 bits per heavy atom. The number of hydrogen-bond acceptors (Lipinski definition) is 3. The van der Waals surface area contributed by atoms with Crippen LogP contribution in [0.15, 0.2) is 34.7 Å². The molecule has 1 N–H and O–H groups in total. The van der Waals surface area contributed by atoms with Crippen molar-refractivity contribution in [3.05, 3.63) is 52.4 Å². The van der Waals surface area contributed by atoms with Crippen LogP contribution >= 0.6 is 11.6 Å². The van der Waals surface area contributed by atoms with Crippen molar-refractivity contribution in [1.29, 1.82) is 5.26 Å². The van der Waals surface area contributed by atoms with Crippen LogP contribution in [0.4, 0.5) is 5.69 Å². The minimum absolute atomic E-state index is 0.462. The van der Waals surface area contributed by atoms with Gasteiger partial charge < -0.3 is 9.73 Å². The van der Waals surface area contributed by atoms with E-state index in [2.05, 4.69) is 18.3 Å². The van der Waals surface area contributed by atoms with E-state index in [-0.39, 0.29) is 0 Å². The van der Waals surface area contributed by atoms with Gasteiger partial charge in [-0.25, -0.2) is 0 Å². The van der Waals surface area contributed by atoms with Crippen LogP contribution in [0, 0.1) is 17.2 Å². The summed E-state index contributed by atoms with van der Waals surface area (Å²) in [6.07, 6.45) is 1.23. The second-order valence-electron chi connectivity index (χ2n) is 5.28. The van der Waals surface area contributed by atoms with Gasteiger partial charge >= 0.3 is 0 Å². The molecule has 0 amide bonds. The molecule has 1 aliphatic carbocycles. The van der Waals surface area contributed by atoms with Crippen LogP contribution in [-0.4, -0.2) is 0 Å². The van der Waals surface area contributed by atoms with Crippen LogP contribution in [-0.2, 0) is 6.54 Å². The highest BCUT2D eigenvalue weighted by atomic mass is 35.5. The van der Waals surface area contributed by atoms with Gasteiger partial charge in [0.25, 0.3) is 0 Å². The standard InChI is InChI=1S/C16H15ClN2O/c1-10-6-14(10)16-5-4-13(20-16)9-19-12-3-2-11(8-18)15(17)7-12/h2-5,7,10,14,19H,6,9H2,1H3. The lowest BCUT2D eigenvalue weighted by Gasteiger charge is -2.05. The van der Waals surface area contributed by atoms with Crippen molar-refractivity contribution in [2.75, 3.05) is 5.32 Å². The molecule has 102 valence electrons. The summed E-state index contributed by atoms with van der Waals surface area (Å²) < 4.78 is 5.83. The molecule has 0 saturated heterocycles. The predicted octanol–water partition coefficient (Wildman–Crippen LogP) is 4.54. The van der Waals surface area contributed by atoms with Crippen LogP contribution in [0.2, 0.25) is 5.02 Å². The van der Waals surface area contributed by atoms with E-state index < -0.39 is 0 Å². The first-order chi connectivity index (χ1) is 9.67. The molecule has 0 bridgehead atoms. The Balaban J connectivity index is 1.63. The Morgan fingerprint density at radius 1 is 1.40 bits per heavy atom. The maximum absolute atomic E-state index is 8.83. The monoisotopic (exact) mass is 286 g/mol. The molecule has 4 heteroatoms. The lowest BCUT2D eigenvalue weighted by atomic mass is 10.2. The van der Waals surface area contributed by atoms with Crippen LogP contribution < -0.4 is 5.32 Å². The fourth-order valence-corrected chi connectivity index (χ4v) is 2.54. The third kappa shape index (κ3) is 2.66. The number of nitriles is 1. The van der Waals surface area contributed by atoms with E-state index in [1.807, 2.05) is 18.2 Å². The summed E-state index contributed by atoms with van der Waals surface area (Å²) in [5.74, 6) is 3.36. The zero-order valence-electron chi connectivity index (χ0n) is 11.2. The minimum atomic E-state index is 0.462. The molecule has 1 fully saturated rings. The van der Waals surface area contributed by atoms with Crippen LogP contribution in [0.1, 0.15) is 36.3 Å². The van der Waals surface area contributed by atoms with Crippen molar-refractivity contribution >= 4 is 17.3 Å². The molecular formula is C16H15ClN2O. The lowest BCUT2D eigenvalue weighted by molar-refractivity contribution is 0.468. The van der Waals surface area contributed by atoms with Crippen LogP contribution in [0.25, 0.3) is 0 Å². The fraction of sp³-hybridized carbons (Fsp3) is 0.312. The van der Waals surface area contributed by atoms with Gasteiger partial charge in [0.05, 0.1) is 17.1 Å². The first-order valence-corrected chi connectivity index (χ1v) is 7.07. The van der Waals surface area contributed by atoms with E-state index in [1.54, 1.807) is 12.1 Å². The number of hydrogen-bond donors (Lipinski definition) is 1. The third-order valence-corrected chi connectivity index (χ3v) is 4.03. The van der Waals surface area contributed by atoms with Gasteiger partial charge in [0.15, 0.2) is 0 Å². The molecule has 0 aliphatic heterocycles. The summed E-state index contributed by atoms with van der Waals surface area (Å²) in [5.41, 5.74) is 1.37. The topological polar surface area (TPSA) is 49.0 Å². The molecule has 1 saturated carbocycles. The molecule has 2 aromatic rings. The largest absolute Gasteiger partial charge is 0.464 e. The molecule has 1 aromatic heterocycles.